The molecule has 1 aromatic heterocycles. The number of Topliss-reactive ketones (excluding diaryl/α,β-unsaturated/α-hetero) is 1. The van der Waals surface area contributed by atoms with Crippen molar-refractivity contribution in [1.29, 1.82) is 0 Å². The highest BCUT2D eigenvalue weighted by Gasteiger charge is 2.41. The van der Waals surface area contributed by atoms with Gasteiger partial charge in [-0.1, -0.05) is 12.1 Å². The van der Waals surface area contributed by atoms with E-state index in [2.05, 4.69) is 5.32 Å². The number of carbonyl (C=O) groups excluding carboxylic acids is 3. The maximum absolute atomic E-state index is 12.5. The molecule has 0 atom stereocenters. The third kappa shape index (κ3) is 3.20. The molecule has 2 amide bonds. The summed E-state index contributed by atoms with van der Waals surface area (Å²) >= 11 is 1.15. The van der Waals surface area contributed by atoms with Crippen LogP contribution in [0.25, 0.3) is 0 Å². The summed E-state index contributed by atoms with van der Waals surface area (Å²) in [5, 5.41) is 2.62. The first-order valence-electron chi connectivity index (χ1n) is 7.33. The van der Waals surface area contributed by atoms with Crippen molar-refractivity contribution >= 4 is 39.0 Å². The zero-order valence-corrected chi connectivity index (χ0v) is 14.8. The average molecular weight is 378 g/mol. The van der Waals surface area contributed by atoms with Gasteiger partial charge in [-0.3, -0.25) is 14.4 Å². The van der Waals surface area contributed by atoms with Crippen LogP contribution in [-0.2, 0) is 21.4 Å². The molecule has 0 unspecified atom stereocenters. The Morgan fingerprint density at radius 1 is 1.16 bits per heavy atom. The lowest BCUT2D eigenvalue weighted by atomic mass is 10.2. The molecule has 130 valence electrons. The number of benzene rings is 1. The maximum Gasteiger partial charge on any atom is 0.269 e. The fourth-order valence-corrected chi connectivity index (χ4v) is 4.83. The summed E-state index contributed by atoms with van der Waals surface area (Å²) in [6.07, 6.45) is 0. The second-order valence-corrected chi connectivity index (χ2v) is 8.41. The Hall–Kier alpha value is -2.52. The standard InChI is InChI=1S/C16H14N2O5S2/c1-10(19)17-8-11-6-7-14(24-11)13(20)9-18-16(21)12-4-2-3-5-15(12)25(18,22)23/h2-7H,8-9H2,1H3,(H,17,19). The summed E-state index contributed by atoms with van der Waals surface area (Å²) < 4.78 is 25.5. The highest BCUT2D eigenvalue weighted by Crippen LogP contribution is 2.30. The summed E-state index contributed by atoms with van der Waals surface area (Å²) in [5.74, 6) is -1.35. The summed E-state index contributed by atoms with van der Waals surface area (Å²) in [6.45, 7) is 1.14. The van der Waals surface area contributed by atoms with Gasteiger partial charge in [-0.25, -0.2) is 12.7 Å². The number of rotatable bonds is 5. The highest BCUT2D eigenvalue weighted by atomic mass is 32.2. The van der Waals surface area contributed by atoms with Gasteiger partial charge in [0.25, 0.3) is 15.9 Å². The summed E-state index contributed by atoms with van der Waals surface area (Å²) in [5.41, 5.74) is 0.0767. The van der Waals surface area contributed by atoms with Gasteiger partial charge in [-0.2, -0.15) is 0 Å². The van der Waals surface area contributed by atoms with Gasteiger partial charge < -0.3 is 5.32 Å². The monoisotopic (exact) mass is 378 g/mol. The molecule has 0 bridgehead atoms. The second-order valence-electron chi connectivity index (χ2n) is 5.41. The molecule has 3 rings (SSSR count). The highest BCUT2D eigenvalue weighted by molar-refractivity contribution is 7.90. The van der Waals surface area contributed by atoms with E-state index in [1.54, 1.807) is 18.2 Å². The molecule has 0 aliphatic carbocycles. The number of ketones is 1. The molecule has 0 radical (unpaired) electrons. The van der Waals surface area contributed by atoms with Crippen molar-refractivity contribution in [3.63, 3.8) is 0 Å². The van der Waals surface area contributed by atoms with Crippen LogP contribution in [0.15, 0.2) is 41.3 Å². The Bertz CT molecular complexity index is 978. The summed E-state index contributed by atoms with van der Waals surface area (Å²) in [7, 11) is -4.00. The minimum absolute atomic E-state index is 0.0767. The first-order chi connectivity index (χ1) is 11.8. The quantitative estimate of drug-likeness (QED) is 0.793. The zero-order valence-electron chi connectivity index (χ0n) is 13.2. The average Bonchev–Trinajstić information content (AvgIpc) is 3.12. The number of hydrogen-bond donors (Lipinski definition) is 1. The van der Waals surface area contributed by atoms with Gasteiger partial charge in [0.05, 0.1) is 17.0 Å². The lowest BCUT2D eigenvalue weighted by molar-refractivity contribution is -0.119. The molecule has 2 aromatic rings. The number of nitrogens with one attached hydrogen (secondary N) is 1. The van der Waals surface area contributed by atoms with Crippen LogP contribution in [0.1, 0.15) is 31.8 Å². The van der Waals surface area contributed by atoms with E-state index < -0.39 is 28.3 Å². The van der Waals surface area contributed by atoms with Crippen LogP contribution in [0, 0.1) is 0 Å². The number of carbonyl (C=O) groups is 3. The number of thiophene rings is 1. The van der Waals surface area contributed by atoms with E-state index in [0.717, 1.165) is 16.2 Å². The van der Waals surface area contributed by atoms with Crippen molar-refractivity contribution in [2.75, 3.05) is 6.54 Å². The summed E-state index contributed by atoms with van der Waals surface area (Å²) in [6, 6.07) is 9.13. The first kappa shape index (κ1) is 17.3. The molecule has 0 saturated heterocycles. The van der Waals surface area contributed by atoms with Crippen LogP contribution >= 0.6 is 11.3 Å². The van der Waals surface area contributed by atoms with Crippen molar-refractivity contribution in [3.05, 3.63) is 51.7 Å². The number of sulfonamides is 1. The van der Waals surface area contributed by atoms with Crippen molar-refractivity contribution in [2.45, 2.75) is 18.4 Å². The number of nitrogens with zero attached hydrogens (tertiary/aromatic N) is 1. The molecule has 1 aliphatic heterocycles. The summed E-state index contributed by atoms with van der Waals surface area (Å²) in [4.78, 5) is 36.6. The third-order valence-electron chi connectivity index (χ3n) is 3.65. The Morgan fingerprint density at radius 2 is 1.88 bits per heavy atom. The van der Waals surface area contributed by atoms with Gasteiger partial charge >= 0.3 is 0 Å². The van der Waals surface area contributed by atoms with Crippen molar-refractivity contribution < 1.29 is 22.8 Å². The predicted molar refractivity (Wildman–Crippen MR) is 90.8 cm³/mol. The number of amides is 2. The van der Waals surface area contributed by atoms with E-state index in [1.807, 2.05) is 0 Å². The van der Waals surface area contributed by atoms with Crippen molar-refractivity contribution in [1.82, 2.24) is 9.62 Å². The Kier molecular flexibility index (Phi) is 4.44. The fraction of sp³-hybridized carbons (Fsp3) is 0.188. The van der Waals surface area contributed by atoms with Crippen molar-refractivity contribution in [2.24, 2.45) is 0 Å². The molecule has 7 nitrogen and oxygen atoms in total. The molecule has 2 heterocycles. The Balaban J connectivity index is 1.78. The molecular formula is C16H14N2O5S2. The van der Waals surface area contributed by atoms with Crippen LogP contribution < -0.4 is 5.32 Å². The molecule has 1 aliphatic rings. The van der Waals surface area contributed by atoms with E-state index in [1.165, 1.54) is 25.1 Å². The van der Waals surface area contributed by atoms with E-state index in [4.69, 9.17) is 0 Å². The van der Waals surface area contributed by atoms with Crippen LogP contribution in [0.3, 0.4) is 0 Å². The van der Waals surface area contributed by atoms with E-state index in [9.17, 15) is 22.8 Å². The minimum atomic E-state index is -4.00. The topological polar surface area (TPSA) is 101 Å². The van der Waals surface area contributed by atoms with Crippen LogP contribution in [0.2, 0.25) is 0 Å². The smallest absolute Gasteiger partial charge is 0.269 e. The van der Waals surface area contributed by atoms with Crippen molar-refractivity contribution in [3.8, 4) is 0 Å². The van der Waals surface area contributed by atoms with Gasteiger partial charge in [-0.15, -0.1) is 11.3 Å². The van der Waals surface area contributed by atoms with Gasteiger partial charge in [-0.05, 0) is 24.3 Å². The van der Waals surface area contributed by atoms with Gasteiger partial charge in [0.15, 0.2) is 5.78 Å². The second kappa shape index (κ2) is 6.41. The fourth-order valence-electron chi connectivity index (χ4n) is 2.43. The Morgan fingerprint density at radius 3 is 2.56 bits per heavy atom. The number of hydrogen-bond acceptors (Lipinski definition) is 6. The molecular weight excluding hydrogens is 364 g/mol. The van der Waals surface area contributed by atoms with Gasteiger partial charge in [0, 0.05) is 11.8 Å². The van der Waals surface area contributed by atoms with E-state index >= 15 is 0 Å². The zero-order chi connectivity index (χ0) is 18.2. The number of fused-ring (bicyclic) bond motifs is 1. The molecule has 0 fully saturated rings. The van der Waals surface area contributed by atoms with E-state index in [-0.39, 0.29) is 16.4 Å². The largest absolute Gasteiger partial charge is 0.351 e. The van der Waals surface area contributed by atoms with E-state index in [0.29, 0.717) is 15.7 Å². The Labute approximate surface area is 148 Å². The lowest BCUT2D eigenvalue weighted by Gasteiger charge is -2.13. The lowest BCUT2D eigenvalue weighted by Crippen LogP contribution is -2.34. The minimum Gasteiger partial charge on any atom is -0.351 e. The van der Waals surface area contributed by atoms with Gasteiger partial charge in [0.1, 0.15) is 11.4 Å². The molecule has 9 heteroatoms. The maximum atomic E-state index is 12.5. The third-order valence-corrected chi connectivity index (χ3v) is 6.56. The normalized spacial score (nSPS) is 15.1. The molecule has 25 heavy (non-hydrogen) atoms. The molecule has 0 saturated carbocycles. The van der Waals surface area contributed by atoms with Crippen LogP contribution in [-0.4, -0.2) is 36.9 Å². The van der Waals surface area contributed by atoms with Crippen LogP contribution in [0.4, 0.5) is 0 Å². The van der Waals surface area contributed by atoms with Gasteiger partial charge in [0.2, 0.25) is 5.91 Å². The molecule has 1 aromatic carbocycles. The molecule has 1 N–H and O–H groups in total. The van der Waals surface area contributed by atoms with Crippen LogP contribution in [0.5, 0.6) is 0 Å². The molecule has 0 spiro atoms. The predicted octanol–water partition coefficient (Wildman–Crippen LogP) is 1.41. The first-order valence-corrected chi connectivity index (χ1v) is 9.59. The SMILES string of the molecule is CC(=O)NCc1ccc(C(=O)CN2C(=O)c3ccccc3S2(=O)=O)s1.